The van der Waals surface area contributed by atoms with Gasteiger partial charge in [-0.2, -0.15) is 0 Å². The zero-order valence-electron chi connectivity index (χ0n) is 12.7. The van der Waals surface area contributed by atoms with E-state index in [-0.39, 0.29) is 11.3 Å². The van der Waals surface area contributed by atoms with E-state index in [9.17, 15) is 4.79 Å². The average Bonchev–Trinajstić information content (AvgIpc) is 3.18. The Morgan fingerprint density at radius 2 is 2.32 bits per heavy atom. The lowest BCUT2D eigenvalue weighted by atomic mass is 9.81. The number of carbonyl (C=O) groups is 1. The minimum absolute atomic E-state index is 0.141. The number of piperidine rings is 1. The fourth-order valence-electron chi connectivity index (χ4n) is 2.63. The summed E-state index contributed by atoms with van der Waals surface area (Å²) in [5.41, 5.74) is 0.558. The number of nitrogens with one attached hydrogen (secondary N) is 2. The van der Waals surface area contributed by atoms with Gasteiger partial charge < -0.3 is 10.6 Å². The fraction of sp³-hybridized carbons (Fsp3) is 0.533. The zero-order valence-corrected chi connectivity index (χ0v) is 13.5. The summed E-state index contributed by atoms with van der Waals surface area (Å²) < 4.78 is 1.70. The van der Waals surface area contributed by atoms with E-state index in [4.69, 9.17) is 0 Å². The molecule has 2 N–H and O–H groups in total. The van der Waals surface area contributed by atoms with Gasteiger partial charge in [0.05, 0.1) is 12.7 Å². The summed E-state index contributed by atoms with van der Waals surface area (Å²) in [4.78, 5) is 13.4. The lowest BCUT2D eigenvalue weighted by molar-refractivity contribution is 0.0917. The maximum atomic E-state index is 12.2. The zero-order chi connectivity index (χ0) is 15.4. The molecule has 0 bridgehead atoms. The molecule has 0 saturated carbocycles. The van der Waals surface area contributed by atoms with Crippen LogP contribution >= 0.6 is 11.3 Å². The molecule has 7 heteroatoms. The van der Waals surface area contributed by atoms with Crippen LogP contribution in [0.5, 0.6) is 0 Å². The molecule has 0 aromatic carbocycles. The van der Waals surface area contributed by atoms with Gasteiger partial charge in [0.2, 0.25) is 0 Å². The van der Waals surface area contributed by atoms with Crippen molar-refractivity contribution in [2.24, 2.45) is 5.41 Å². The first-order valence-electron chi connectivity index (χ1n) is 7.56. The molecule has 2 aromatic heterocycles. The van der Waals surface area contributed by atoms with Crippen LogP contribution in [0.4, 0.5) is 0 Å². The van der Waals surface area contributed by atoms with Crippen LogP contribution in [0.15, 0.2) is 23.7 Å². The molecule has 2 aromatic rings. The van der Waals surface area contributed by atoms with Gasteiger partial charge in [-0.3, -0.25) is 4.79 Å². The largest absolute Gasteiger partial charge is 0.350 e. The Labute approximate surface area is 133 Å². The van der Waals surface area contributed by atoms with Gasteiger partial charge in [0.15, 0.2) is 5.69 Å². The SMILES string of the molecule is CC1(CNC(=O)c2cn(Cc3cccs3)nn2)CCNCC1. The van der Waals surface area contributed by atoms with Gasteiger partial charge in [-0.1, -0.05) is 18.2 Å². The van der Waals surface area contributed by atoms with Crippen molar-refractivity contribution in [1.82, 2.24) is 25.6 Å². The Kier molecular flexibility index (Phi) is 4.54. The maximum Gasteiger partial charge on any atom is 0.273 e. The lowest BCUT2D eigenvalue weighted by Gasteiger charge is -2.33. The number of amides is 1. The van der Waals surface area contributed by atoms with Crippen molar-refractivity contribution in [3.8, 4) is 0 Å². The summed E-state index contributed by atoms with van der Waals surface area (Å²) in [6.07, 6.45) is 3.87. The molecular weight excluding hydrogens is 298 g/mol. The summed E-state index contributed by atoms with van der Waals surface area (Å²) in [6.45, 7) is 5.60. The van der Waals surface area contributed by atoms with Crippen LogP contribution in [0.25, 0.3) is 0 Å². The van der Waals surface area contributed by atoms with Crippen LogP contribution < -0.4 is 10.6 Å². The quantitative estimate of drug-likeness (QED) is 0.876. The van der Waals surface area contributed by atoms with Crippen LogP contribution in [0.1, 0.15) is 35.1 Å². The molecule has 3 heterocycles. The molecule has 22 heavy (non-hydrogen) atoms. The van der Waals surface area contributed by atoms with Crippen LogP contribution in [0, 0.1) is 5.41 Å². The van der Waals surface area contributed by atoms with E-state index in [1.54, 1.807) is 22.2 Å². The Morgan fingerprint density at radius 1 is 1.50 bits per heavy atom. The highest BCUT2D eigenvalue weighted by molar-refractivity contribution is 7.09. The summed E-state index contributed by atoms with van der Waals surface area (Å²) in [5.74, 6) is -0.141. The molecule has 118 valence electrons. The average molecular weight is 319 g/mol. The molecule has 1 aliphatic heterocycles. The van der Waals surface area contributed by atoms with Crippen LogP contribution in [0.3, 0.4) is 0 Å². The van der Waals surface area contributed by atoms with Gasteiger partial charge in [-0.25, -0.2) is 4.68 Å². The highest BCUT2D eigenvalue weighted by Crippen LogP contribution is 2.26. The van der Waals surface area contributed by atoms with E-state index in [0.29, 0.717) is 18.8 Å². The van der Waals surface area contributed by atoms with Crippen molar-refractivity contribution in [3.05, 3.63) is 34.3 Å². The molecule has 3 rings (SSSR count). The van der Waals surface area contributed by atoms with Crippen molar-refractivity contribution in [2.75, 3.05) is 19.6 Å². The Balaban J connectivity index is 1.55. The van der Waals surface area contributed by atoms with Gasteiger partial charge in [0, 0.05) is 11.4 Å². The first-order valence-corrected chi connectivity index (χ1v) is 8.44. The second-order valence-corrected chi connectivity index (χ2v) is 7.16. The van der Waals surface area contributed by atoms with E-state index < -0.39 is 0 Å². The molecule has 0 aliphatic carbocycles. The minimum Gasteiger partial charge on any atom is -0.350 e. The van der Waals surface area contributed by atoms with Gasteiger partial charge in [-0.05, 0) is 42.8 Å². The second-order valence-electron chi connectivity index (χ2n) is 6.12. The van der Waals surface area contributed by atoms with E-state index in [1.807, 2.05) is 17.5 Å². The van der Waals surface area contributed by atoms with Crippen LogP contribution in [0.2, 0.25) is 0 Å². The number of carbonyl (C=O) groups excluding carboxylic acids is 1. The van der Waals surface area contributed by atoms with Crippen molar-refractivity contribution in [2.45, 2.75) is 26.3 Å². The van der Waals surface area contributed by atoms with Crippen molar-refractivity contribution in [3.63, 3.8) is 0 Å². The summed E-state index contributed by atoms with van der Waals surface area (Å²) in [7, 11) is 0. The molecule has 1 aliphatic rings. The molecule has 0 radical (unpaired) electrons. The molecule has 1 fully saturated rings. The smallest absolute Gasteiger partial charge is 0.273 e. The third kappa shape index (κ3) is 3.72. The molecule has 0 unspecified atom stereocenters. The monoisotopic (exact) mass is 319 g/mol. The summed E-state index contributed by atoms with van der Waals surface area (Å²) in [6, 6.07) is 4.05. The maximum absolute atomic E-state index is 12.2. The third-order valence-electron chi connectivity index (χ3n) is 4.16. The Morgan fingerprint density at radius 3 is 3.05 bits per heavy atom. The second kappa shape index (κ2) is 6.58. The van der Waals surface area contributed by atoms with E-state index in [2.05, 4.69) is 27.9 Å². The molecular formula is C15H21N5OS. The van der Waals surface area contributed by atoms with Gasteiger partial charge in [-0.15, -0.1) is 16.4 Å². The number of hydrogen-bond acceptors (Lipinski definition) is 5. The van der Waals surface area contributed by atoms with Gasteiger partial charge in [0.25, 0.3) is 5.91 Å². The fourth-order valence-corrected chi connectivity index (χ4v) is 3.33. The van der Waals surface area contributed by atoms with Gasteiger partial charge >= 0.3 is 0 Å². The molecule has 1 saturated heterocycles. The minimum atomic E-state index is -0.141. The first-order chi connectivity index (χ1) is 10.6. The molecule has 0 spiro atoms. The Bertz CT molecular complexity index is 616. The number of aromatic nitrogens is 3. The topological polar surface area (TPSA) is 71.8 Å². The summed E-state index contributed by atoms with van der Waals surface area (Å²) >= 11 is 1.67. The van der Waals surface area contributed by atoms with E-state index >= 15 is 0 Å². The standard InChI is InChI=1S/C15H21N5OS/c1-15(4-6-16-7-5-15)11-17-14(21)13-10-20(19-18-13)9-12-3-2-8-22-12/h2-3,8,10,16H,4-7,9,11H2,1H3,(H,17,21). The number of nitrogens with zero attached hydrogens (tertiary/aromatic N) is 3. The van der Waals surface area contributed by atoms with Gasteiger partial charge in [0.1, 0.15) is 0 Å². The first kappa shape index (κ1) is 15.2. The number of rotatable bonds is 5. The van der Waals surface area contributed by atoms with E-state index in [0.717, 1.165) is 25.9 Å². The van der Waals surface area contributed by atoms with Crippen LogP contribution in [-0.2, 0) is 6.54 Å². The highest BCUT2D eigenvalue weighted by Gasteiger charge is 2.27. The normalized spacial score (nSPS) is 17.3. The molecule has 0 atom stereocenters. The molecule has 1 amide bonds. The van der Waals surface area contributed by atoms with Crippen molar-refractivity contribution in [1.29, 1.82) is 0 Å². The van der Waals surface area contributed by atoms with Crippen molar-refractivity contribution < 1.29 is 4.79 Å². The third-order valence-corrected chi connectivity index (χ3v) is 5.02. The predicted octanol–water partition coefficient (Wildman–Crippen LogP) is 1.51. The molecule has 6 nitrogen and oxygen atoms in total. The predicted molar refractivity (Wildman–Crippen MR) is 86.0 cm³/mol. The summed E-state index contributed by atoms with van der Waals surface area (Å²) in [5, 5.41) is 16.4. The van der Waals surface area contributed by atoms with E-state index in [1.165, 1.54) is 4.88 Å². The van der Waals surface area contributed by atoms with Crippen LogP contribution in [-0.4, -0.2) is 40.5 Å². The highest BCUT2D eigenvalue weighted by atomic mass is 32.1. The van der Waals surface area contributed by atoms with Crippen molar-refractivity contribution >= 4 is 17.2 Å². The Hall–Kier alpha value is -1.73. The number of thiophene rings is 1. The lowest BCUT2D eigenvalue weighted by Crippen LogP contribution is -2.43. The number of hydrogen-bond donors (Lipinski definition) is 2.